The summed E-state index contributed by atoms with van der Waals surface area (Å²) >= 11 is 0. The lowest BCUT2D eigenvalue weighted by Crippen LogP contribution is -2.45. The van der Waals surface area contributed by atoms with E-state index in [1.807, 2.05) is 55.2 Å². The number of ether oxygens (including phenoxy) is 1. The van der Waals surface area contributed by atoms with Gasteiger partial charge in [0.15, 0.2) is 0 Å². The van der Waals surface area contributed by atoms with Crippen LogP contribution in [0.25, 0.3) is 0 Å². The molecule has 0 spiro atoms. The third-order valence-corrected chi connectivity index (χ3v) is 4.22. The van der Waals surface area contributed by atoms with Gasteiger partial charge in [0.05, 0.1) is 31.4 Å². The van der Waals surface area contributed by atoms with Gasteiger partial charge in [-0.25, -0.2) is 0 Å². The first-order valence-electron chi connectivity index (χ1n) is 8.38. The van der Waals surface area contributed by atoms with Crippen LogP contribution in [-0.2, 0) is 11.3 Å². The van der Waals surface area contributed by atoms with Gasteiger partial charge in [-0.1, -0.05) is 18.2 Å². The molecule has 0 unspecified atom stereocenters. The standard InChI is InChI=1S/C18H24N4O2/c1-13-11-20-22(12-13)9-8-19-14(2)18(23)21-16-7-10-24-17-6-4-3-5-15(16)17/h3-6,11-12,14,16,19H,7-10H2,1-2H3,(H,21,23)/t14-,16+/m0/s1. The number of aryl methyl sites for hydroxylation is 1. The van der Waals surface area contributed by atoms with Crippen LogP contribution in [0.15, 0.2) is 36.7 Å². The molecule has 1 aromatic heterocycles. The van der Waals surface area contributed by atoms with E-state index in [-0.39, 0.29) is 18.0 Å². The van der Waals surface area contributed by atoms with Crippen LogP contribution in [0.1, 0.15) is 30.5 Å². The molecule has 0 fully saturated rings. The Hall–Kier alpha value is -2.34. The number of rotatable bonds is 6. The first kappa shape index (κ1) is 16.5. The summed E-state index contributed by atoms with van der Waals surface area (Å²) in [5, 5.41) is 10.6. The number of nitrogens with one attached hydrogen (secondary N) is 2. The summed E-state index contributed by atoms with van der Waals surface area (Å²) in [5.74, 6) is 0.872. The van der Waals surface area contributed by atoms with Gasteiger partial charge < -0.3 is 15.4 Å². The summed E-state index contributed by atoms with van der Waals surface area (Å²) < 4.78 is 7.51. The minimum Gasteiger partial charge on any atom is -0.493 e. The van der Waals surface area contributed by atoms with Crippen LogP contribution in [0.5, 0.6) is 5.75 Å². The number of carbonyl (C=O) groups is 1. The number of para-hydroxylation sites is 1. The zero-order chi connectivity index (χ0) is 16.9. The van der Waals surface area contributed by atoms with Crippen molar-refractivity contribution in [3.8, 4) is 5.75 Å². The fraction of sp³-hybridized carbons (Fsp3) is 0.444. The molecule has 1 amide bonds. The van der Waals surface area contributed by atoms with Crippen LogP contribution in [0, 0.1) is 6.92 Å². The number of amides is 1. The maximum atomic E-state index is 12.4. The van der Waals surface area contributed by atoms with Crippen molar-refractivity contribution in [1.82, 2.24) is 20.4 Å². The quantitative estimate of drug-likeness (QED) is 0.849. The molecule has 0 radical (unpaired) electrons. The monoisotopic (exact) mass is 328 g/mol. The Morgan fingerprint density at radius 1 is 1.46 bits per heavy atom. The Morgan fingerprint density at radius 3 is 3.08 bits per heavy atom. The average molecular weight is 328 g/mol. The molecule has 2 aromatic rings. The zero-order valence-corrected chi connectivity index (χ0v) is 14.2. The SMILES string of the molecule is Cc1cnn(CCN[C@@H](C)C(=O)N[C@@H]2CCOc3ccccc32)c1. The number of benzene rings is 1. The molecule has 1 aliphatic rings. The normalized spacial score (nSPS) is 17.7. The van der Waals surface area contributed by atoms with Crippen molar-refractivity contribution in [3.05, 3.63) is 47.8 Å². The van der Waals surface area contributed by atoms with E-state index in [0.29, 0.717) is 13.2 Å². The van der Waals surface area contributed by atoms with Crippen molar-refractivity contribution in [2.45, 2.75) is 38.9 Å². The van der Waals surface area contributed by atoms with Gasteiger partial charge in [-0.2, -0.15) is 5.10 Å². The second kappa shape index (κ2) is 7.49. The molecule has 6 nitrogen and oxygen atoms in total. The third-order valence-electron chi connectivity index (χ3n) is 4.22. The summed E-state index contributed by atoms with van der Waals surface area (Å²) in [4.78, 5) is 12.4. The topological polar surface area (TPSA) is 68.2 Å². The van der Waals surface area contributed by atoms with E-state index >= 15 is 0 Å². The van der Waals surface area contributed by atoms with Crippen molar-refractivity contribution >= 4 is 5.91 Å². The molecule has 6 heteroatoms. The Kier molecular flexibility index (Phi) is 5.15. The highest BCUT2D eigenvalue weighted by molar-refractivity contribution is 5.81. The van der Waals surface area contributed by atoms with Crippen LogP contribution in [-0.4, -0.2) is 34.9 Å². The van der Waals surface area contributed by atoms with E-state index < -0.39 is 0 Å². The number of hydrogen-bond donors (Lipinski definition) is 2. The molecule has 2 N–H and O–H groups in total. The second-order valence-corrected chi connectivity index (χ2v) is 6.19. The molecule has 128 valence electrons. The predicted octanol–water partition coefficient (Wildman–Crippen LogP) is 1.81. The third kappa shape index (κ3) is 3.94. The molecular weight excluding hydrogens is 304 g/mol. The fourth-order valence-electron chi connectivity index (χ4n) is 2.87. The van der Waals surface area contributed by atoms with Crippen LogP contribution >= 0.6 is 0 Å². The highest BCUT2D eigenvalue weighted by Crippen LogP contribution is 2.31. The maximum absolute atomic E-state index is 12.4. The van der Waals surface area contributed by atoms with E-state index in [0.717, 1.165) is 29.8 Å². The van der Waals surface area contributed by atoms with E-state index in [2.05, 4.69) is 15.7 Å². The smallest absolute Gasteiger partial charge is 0.237 e. The Labute approximate surface area is 142 Å². The molecule has 24 heavy (non-hydrogen) atoms. The Bertz CT molecular complexity index is 698. The van der Waals surface area contributed by atoms with Crippen molar-refractivity contribution in [3.63, 3.8) is 0 Å². The minimum absolute atomic E-state index is 0.00773. The van der Waals surface area contributed by atoms with Crippen LogP contribution in [0.3, 0.4) is 0 Å². The highest BCUT2D eigenvalue weighted by atomic mass is 16.5. The Morgan fingerprint density at radius 2 is 2.29 bits per heavy atom. The molecule has 0 saturated carbocycles. The second-order valence-electron chi connectivity index (χ2n) is 6.19. The first-order chi connectivity index (χ1) is 11.6. The number of nitrogens with zero attached hydrogens (tertiary/aromatic N) is 2. The molecule has 0 aliphatic carbocycles. The molecule has 3 rings (SSSR count). The summed E-state index contributed by atoms with van der Waals surface area (Å²) in [6.45, 7) is 5.96. The van der Waals surface area contributed by atoms with E-state index in [1.54, 1.807) is 0 Å². The Balaban J connectivity index is 1.49. The zero-order valence-electron chi connectivity index (χ0n) is 14.2. The van der Waals surface area contributed by atoms with Crippen molar-refractivity contribution < 1.29 is 9.53 Å². The van der Waals surface area contributed by atoms with Crippen LogP contribution < -0.4 is 15.4 Å². The predicted molar refractivity (Wildman–Crippen MR) is 91.9 cm³/mol. The van der Waals surface area contributed by atoms with Gasteiger partial charge in [-0.3, -0.25) is 9.48 Å². The summed E-state index contributed by atoms with van der Waals surface area (Å²) in [6, 6.07) is 7.64. The van der Waals surface area contributed by atoms with Gasteiger partial charge in [-0.05, 0) is 25.5 Å². The number of hydrogen-bond acceptors (Lipinski definition) is 4. The fourth-order valence-corrected chi connectivity index (χ4v) is 2.87. The first-order valence-corrected chi connectivity index (χ1v) is 8.38. The van der Waals surface area contributed by atoms with Gasteiger partial charge >= 0.3 is 0 Å². The number of aromatic nitrogens is 2. The van der Waals surface area contributed by atoms with E-state index in [1.165, 1.54) is 0 Å². The van der Waals surface area contributed by atoms with Gasteiger partial charge in [0.25, 0.3) is 0 Å². The van der Waals surface area contributed by atoms with Crippen LogP contribution in [0.2, 0.25) is 0 Å². The molecule has 2 heterocycles. The molecule has 1 aromatic carbocycles. The molecular formula is C18H24N4O2. The summed E-state index contributed by atoms with van der Waals surface area (Å²) in [5.41, 5.74) is 2.19. The lowest BCUT2D eigenvalue weighted by Gasteiger charge is -2.27. The largest absolute Gasteiger partial charge is 0.493 e. The van der Waals surface area contributed by atoms with Crippen LogP contribution in [0.4, 0.5) is 0 Å². The van der Waals surface area contributed by atoms with E-state index in [9.17, 15) is 4.79 Å². The molecule has 1 aliphatic heterocycles. The maximum Gasteiger partial charge on any atom is 0.237 e. The number of carbonyl (C=O) groups excluding carboxylic acids is 1. The average Bonchev–Trinajstić information content (AvgIpc) is 3.00. The van der Waals surface area contributed by atoms with E-state index in [4.69, 9.17) is 4.74 Å². The summed E-state index contributed by atoms with van der Waals surface area (Å²) in [7, 11) is 0. The lowest BCUT2D eigenvalue weighted by atomic mass is 10.0. The van der Waals surface area contributed by atoms with Gasteiger partial charge in [-0.15, -0.1) is 0 Å². The highest BCUT2D eigenvalue weighted by Gasteiger charge is 2.24. The summed E-state index contributed by atoms with van der Waals surface area (Å²) in [6.07, 6.45) is 4.62. The molecule has 0 bridgehead atoms. The minimum atomic E-state index is -0.253. The van der Waals surface area contributed by atoms with Crippen molar-refractivity contribution in [2.24, 2.45) is 0 Å². The molecule has 0 saturated heterocycles. The number of fused-ring (bicyclic) bond motifs is 1. The van der Waals surface area contributed by atoms with Gasteiger partial charge in [0.2, 0.25) is 5.91 Å². The van der Waals surface area contributed by atoms with Gasteiger partial charge in [0.1, 0.15) is 5.75 Å². The van der Waals surface area contributed by atoms with Gasteiger partial charge in [0, 0.05) is 24.7 Å². The molecule has 2 atom stereocenters. The van der Waals surface area contributed by atoms with Crippen molar-refractivity contribution in [1.29, 1.82) is 0 Å². The van der Waals surface area contributed by atoms with Crippen molar-refractivity contribution in [2.75, 3.05) is 13.2 Å². The lowest BCUT2D eigenvalue weighted by molar-refractivity contribution is -0.123.